The highest BCUT2D eigenvalue weighted by Gasteiger charge is 2.28. The molecule has 0 aromatic carbocycles. The van der Waals surface area contributed by atoms with Gasteiger partial charge in [-0.05, 0) is 6.92 Å². The first-order valence-corrected chi connectivity index (χ1v) is 4.26. The Morgan fingerprint density at radius 3 is 2.81 bits per heavy atom. The van der Waals surface area contributed by atoms with Crippen LogP contribution in [-0.2, 0) is 4.79 Å². The normalized spacial score (nSPS) is 13.5. The molecule has 0 saturated heterocycles. The van der Waals surface area contributed by atoms with E-state index < -0.39 is 24.8 Å². The summed E-state index contributed by atoms with van der Waals surface area (Å²) in [6, 6.07) is -0.955. The highest BCUT2D eigenvalue weighted by molar-refractivity contribution is 5.71. The summed E-state index contributed by atoms with van der Waals surface area (Å²) in [5.74, 6) is -1.25. The molecule has 1 atom stereocenters. The first kappa shape index (κ1) is 12.3. The van der Waals surface area contributed by atoms with Crippen molar-refractivity contribution < 1.29 is 27.8 Å². The molecule has 0 bridgehead atoms. The fourth-order valence-electron chi connectivity index (χ4n) is 0.885. The number of carboxylic acids is 1. The minimum absolute atomic E-state index is 0.120. The third-order valence-electron chi connectivity index (χ3n) is 1.73. The SMILES string of the molecule is CC(C(=O)O)n1cc(OCC(F)(F)F)cn1. The van der Waals surface area contributed by atoms with Crippen molar-refractivity contribution in [1.82, 2.24) is 9.78 Å². The summed E-state index contributed by atoms with van der Waals surface area (Å²) < 4.78 is 40.8. The van der Waals surface area contributed by atoms with Gasteiger partial charge in [-0.15, -0.1) is 0 Å². The highest BCUT2D eigenvalue weighted by atomic mass is 19.4. The van der Waals surface area contributed by atoms with E-state index in [1.54, 1.807) is 0 Å². The zero-order valence-corrected chi connectivity index (χ0v) is 8.23. The van der Waals surface area contributed by atoms with Crippen molar-refractivity contribution in [2.75, 3.05) is 6.61 Å². The first-order chi connectivity index (χ1) is 7.29. The Kier molecular flexibility index (Phi) is 3.41. The smallest absolute Gasteiger partial charge is 0.422 e. The van der Waals surface area contributed by atoms with Crippen LogP contribution in [0.1, 0.15) is 13.0 Å². The lowest BCUT2D eigenvalue weighted by atomic mass is 10.3. The monoisotopic (exact) mass is 238 g/mol. The molecule has 0 aliphatic carbocycles. The number of hydrogen-bond acceptors (Lipinski definition) is 3. The Bertz CT molecular complexity index is 375. The number of aromatic nitrogens is 2. The molecular formula is C8H9F3N2O3. The molecule has 0 amide bonds. The molecule has 8 heteroatoms. The average molecular weight is 238 g/mol. The second-order valence-electron chi connectivity index (χ2n) is 3.07. The number of aliphatic carboxylic acids is 1. The van der Waals surface area contributed by atoms with Crippen LogP contribution in [0.2, 0.25) is 0 Å². The molecule has 0 aliphatic rings. The predicted octanol–water partition coefficient (Wildman–Crippen LogP) is 1.47. The van der Waals surface area contributed by atoms with Crippen molar-refractivity contribution in [3.8, 4) is 5.75 Å². The lowest BCUT2D eigenvalue weighted by Gasteiger charge is -2.07. The van der Waals surface area contributed by atoms with Gasteiger partial charge < -0.3 is 9.84 Å². The van der Waals surface area contributed by atoms with Gasteiger partial charge in [-0.2, -0.15) is 18.3 Å². The molecule has 1 unspecified atom stereocenters. The lowest BCUT2D eigenvalue weighted by Crippen LogP contribution is -2.19. The molecule has 0 saturated carbocycles. The van der Waals surface area contributed by atoms with Crippen LogP contribution in [0, 0.1) is 0 Å². The second kappa shape index (κ2) is 4.42. The van der Waals surface area contributed by atoms with Crippen molar-refractivity contribution in [1.29, 1.82) is 0 Å². The molecule has 0 spiro atoms. The quantitative estimate of drug-likeness (QED) is 0.862. The van der Waals surface area contributed by atoms with Crippen molar-refractivity contribution in [2.24, 2.45) is 0 Å². The Morgan fingerprint density at radius 1 is 1.69 bits per heavy atom. The van der Waals surface area contributed by atoms with Gasteiger partial charge in [-0.3, -0.25) is 4.68 Å². The van der Waals surface area contributed by atoms with Crippen molar-refractivity contribution in [2.45, 2.75) is 19.1 Å². The van der Waals surface area contributed by atoms with Crippen molar-refractivity contribution >= 4 is 5.97 Å². The highest BCUT2D eigenvalue weighted by Crippen LogP contribution is 2.18. The van der Waals surface area contributed by atoms with Gasteiger partial charge in [-0.25, -0.2) is 4.79 Å². The van der Waals surface area contributed by atoms with Crippen LogP contribution in [0.4, 0.5) is 13.2 Å². The standard InChI is InChI=1S/C8H9F3N2O3/c1-5(7(14)15)13-3-6(2-12-13)16-4-8(9,10)11/h2-3,5H,4H2,1H3,(H,14,15). The van der Waals surface area contributed by atoms with E-state index in [1.807, 2.05) is 0 Å². The van der Waals surface area contributed by atoms with Crippen LogP contribution < -0.4 is 4.74 Å². The van der Waals surface area contributed by atoms with Gasteiger partial charge >= 0.3 is 12.1 Å². The molecule has 16 heavy (non-hydrogen) atoms. The summed E-state index contributed by atoms with van der Waals surface area (Å²) >= 11 is 0. The van der Waals surface area contributed by atoms with Crippen LogP contribution in [0.15, 0.2) is 12.4 Å². The third kappa shape index (κ3) is 3.44. The van der Waals surface area contributed by atoms with Gasteiger partial charge in [-0.1, -0.05) is 0 Å². The van der Waals surface area contributed by atoms with E-state index in [0.29, 0.717) is 0 Å². The topological polar surface area (TPSA) is 64.3 Å². The van der Waals surface area contributed by atoms with Gasteiger partial charge in [0.2, 0.25) is 0 Å². The fourth-order valence-corrected chi connectivity index (χ4v) is 0.885. The summed E-state index contributed by atoms with van der Waals surface area (Å²) in [6.45, 7) is -0.0803. The number of rotatable bonds is 4. The zero-order chi connectivity index (χ0) is 12.3. The minimum atomic E-state index is -4.43. The number of nitrogens with zero attached hydrogens (tertiary/aromatic N) is 2. The number of alkyl halides is 3. The van der Waals surface area contributed by atoms with Crippen molar-refractivity contribution in [3.63, 3.8) is 0 Å². The van der Waals surface area contributed by atoms with E-state index >= 15 is 0 Å². The Morgan fingerprint density at radius 2 is 2.31 bits per heavy atom. The predicted molar refractivity (Wildman–Crippen MR) is 46.1 cm³/mol. The summed E-state index contributed by atoms with van der Waals surface area (Å²) in [5.41, 5.74) is 0. The number of carbonyl (C=O) groups is 1. The molecule has 0 aliphatic heterocycles. The van der Waals surface area contributed by atoms with Gasteiger partial charge in [0, 0.05) is 0 Å². The molecule has 5 nitrogen and oxygen atoms in total. The number of carboxylic acid groups (broad SMARTS) is 1. The van der Waals surface area contributed by atoms with Crippen LogP contribution in [-0.4, -0.2) is 33.6 Å². The van der Waals surface area contributed by atoms with E-state index in [9.17, 15) is 18.0 Å². The zero-order valence-electron chi connectivity index (χ0n) is 8.23. The molecule has 1 heterocycles. The molecule has 1 N–H and O–H groups in total. The van der Waals surface area contributed by atoms with Crippen LogP contribution >= 0.6 is 0 Å². The molecule has 0 fully saturated rings. The van der Waals surface area contributed by atoms with E-state index in [-0.39, 0.29) is 5.75 Å². The summed E-state index contributed by atoms with van der Waals surface area (Å²) in [4.78, 5) is 10.5. The lowest BCUT2D eigenvalue weighted by molar-refractivity contribution is -0.153. The fraction of sp³-hybridized carbons (Fsp3) is 0.500. The Hall–Kier alpha value is -1.73. The van der Waals surface area contributed by atoms with Crippen LogP contribution in [0.25, 0.3) is 0 Å². The Balaban J connectivity index is 2.62. The van der Waals surface area contributed by atoms with E-state index in [1.165, 1.54) is 6.92 Å². The molecule has 90 valence electrons. The number of halogens is 3. The third-order valence-corrected chi connectivity index (χ3v) is 1.73. The maximum atomic E-state index is 11.8. The minimum Gasteiger partial charge on any atom is -0.481 e. The largest absolute Gasteiger partial charge is 0.481 e. The summed E-state index contributed by atoms with van der Waals surface area (Å²) in [7, 11) is 0. The molecule has 1 aromatic heterocycles. The molecule has 1 aromatic rings. The van der Waals surface area contributed by atoms with Crippen LogP contribution in [0.5, 0.6) is 5.75 Å². The molecular weight excluding hydrogens is 229 g/mol. The average Bonchev–Trinajstić information content (AvgIpc) is 2.60. The molecule has 1 rings (SSSR count). The van der Waals surface area contributed by atoms with Crippen molar-refractivity contribution in [3.05, 3.63) is 12.4 Å². The van der Waals surface area contributed by atoms with Gasteiger partial charge in [0.15, 0.2) is 12.4 Å². The second-order valence-corrected chi connectivity index (χ2v) is 3.07. The number of hydrogen-bond donors (Lipinski definition) is 1. The van der Waals surface area contributed by atoms with E-state index in [0.717, 1.165) is 17.1 Å². The number of ether oxygens (including phenoxy) is 1. The maximum Gasteiger partial charge on any atom is 0.422 e. The maximum absolute atomic E-state index is 11.8. The van der Waals surface area contributed by atoms with Gasteiger partial charge in [0.1, 0.15) is 6.04 Å². The molecule has 0 radical (unpaired) electrons. The van der Waals surface area contributed by atoms with Gasteiger partial charge in [0.05, 0.1) is 12.4 Å². The summed E-state index contributed by atoms with van der Waals surface area (Å²) in [6.07, 6.45) is -2.30. The Labute approximate surface area is 88.4 Å². The van der Waals surface area contributed by atoms with Gasteiger partial charge in [0.25, 0.3) is 0 Å². The summed E-state index contributed by atoms with van der Waals surface area (Å²) in [5, 5.41) is 12.2. The van der Waals surface area contributed by atoms with E-state index in [4.69, 9.17) is 5.11 Å². The van der Waals surface area contributed by atoms with Crippen LogP contribution in [0.3, 0.4) is 0 Å². The first-order valence-electron chi connectivity index (χ1n) is 4.26. The van der Waals surface area contributed by atoms with E-state index in [2.05, 4.69) is 9.84 Å².